The molecular formula is C9H13N7O3. The number of carbonyl (C=O) groups excluding carboxylic acids is 1. The van der Waals surface area contributed by atoms with Crippen molar-refractivity contribution in [3.05, 3.63) is 16.3 Å². The van der Waals surface area contributed by atoms with E-state index in [0.29, 0.717) is 19.4 Å². The van der Waals surface area contributed by atoms with Crippen LogP contribution < -0.4 is 21.9 Å². The molecule has 10 heteroatoms. The molecular weight excluding hydrogens is 254 g/mol. The number of nitrogens with one attached hydrogen (secondary N) is 3. The number of hydrazine groups is 1. The van der Waals surface area contributed by atoms with Gasteiger partial charge in [0.25, 0.3) is 0 Å². The summed E-state index contributed by atoms with van der Waals surface area (Å²) in [5, 5.41) is 16.5. The standard InChI is InChI=1S/C9H13N7O3/c10-15-9-12-4-6(16(18)19)8(14-9)13-5-1-2-7(17)11-3-5/h4-5H,1-3,10H2,(H,11,17)(H2,12,13,14,15). The van der Waals surface area contributed by atoms with Crippen molar-refractivity contribution in [1.82, 2.24) is 15.3 Å². The van der Waals surface area contributed by atoms with E-state index in [4.69, 9.17) is 5.84 Å². The maximum atomic E-state index is 11.0. The first kappa shape index (κ1) is 13.0. The highest BCUT2D eigenvalue weighted by atomic mass is 16.6. The summed E-state index contributed by atoms with van der Waals surface area (Å²) >= 11 is 0. The van der Waals surface area contributed by atoms with Gasteiger partial charge in [0.1, 0.15) is 6.20 Å². The number of rotatable bonds is 4. The first-order valence-electron chi connectivity index (χ1n) is 5.61. The third-order valence-electron chi connectivity index (χ3n) is 2.70. The second-order valence-electron chi connectivity index (χ2n) is 4.01. The number of hydrogen-bond donors (Lipinski definition) is 4. The van der Waals surface area contributed by atoms with Crippen LogP contribution in [-0.4, -0.2) is 33.4 Å². The lowest BCUT2D eigenvalue weighted by atomic mass is 10.1. The number of piperidine rings is 1. The Balaban J connectivity index is 2.17. The Bertz CT molecular complexity index is 497. The van der Waals surface area contributed by atoms with Crippen LogP contribution in [0.4, 0.5) is 17.5 Å². The van der Waals surface area contributed by atoms with E-state index in [1.165, 1.54) is 0 Å². The largest absolute Gasteiger partial charge is 0.360 e. The predicted molar refractivity (Wildman–Crippen MR) is 66.2 cm³/mol. The SMILES string of the molecule is NNc1ncc([N+](=O)[O-])c(NC2CCC(=O)NC2)n1. The number of nitrogens with zero attached hydrogens (tertiary/aromatic N) is 3. The number of amides is 1. The minimum absolute atomic E-state index is 0.0282. The zero-order chi connectivity index (χ0) is 13.8. The lowest BCUT2D eigenvalue weighted by Gasteiger charge is -2.23. The van der Waals surface area contributed by atoms with Gasteiger partial charge in [-0.05, 0) is 6.42 Å². The molecule has 19 heavy (non-hydrogen) atoms. The minimum atomic E-state index is -0.579. The van der Waals surface area contributed by atoms with E-state index in [2.05, 4.69) is 26.0 Å². The molecule has 1 aromatic rings. The fourth-order valence-corrected chi connectivity index (χ4v) is 1.73. The quantitative estimate of drug-likeness (QED) is 0.320. The van der Waals surface area contributed by atoms with Gasteiger partial charge in [-0.1, -0.05) is 0 Å². The number of nitrogens with two attached hydrogens (primary N) is 1. The van der Waals surface area contributed by atoms with Gasteiger partial charge in [0, 0.05) is 19.0 Å². The lowest BCUT2D eigenvalue weighted by molar-refractivity contribution is -0.384. The maximum Gasteiger partial charge on any atom is 0.329 e. The zero-order valence-electron chi connectivity index (χ0n) is 9.92. The predicted octanol–water partition coefficient (Wildman–Crippen LogP) is -0.639. The third kappa shape index (κ3) is 3.04. The molecule has 0 radical (unpaired) electrons. The van der Waals surface area contributed by atoms with E-state index >= 15 is 0 Å². The monoisotopic (exact) mass is 267 g/mol. The lowest BCUT2D eigenvalue weighted by Crippen LogP contribution is -2.42. The van der Waals surface area contributed by atoms with Crippen molar-refractivity contribution in [3.8, 4) is 0 Å². The average molecular weight is 267 g/mol. The third-order valence-corrected chi connectivity index (χ3v) is 2.70. The molecule has 0 spiro atoms. The number of anilines is 2. The van der Waals surface area contributed by atoms with Crippen LogP contribution in [-0.2, 0) is 4.79 Å². The summed E-state index contributed by atoms with van der Waals surface area (Å²) in [6, 6.07) is -0.114. The molecule has 1 amide bonds. The summed E-state index contributed by atoms with van der Waals surface area (Å²) in [5.74, 6) is 5.29. The van der Waals surface area contributed by atoms with E-state index in [0.717, 1.165) is 6.20 Å². The van der Waals surface area contributed by atoms with Gasteiger partial charge in [-0.15, -0.1) is 0 Å². The van der Waals surface area contributed by atoms with Gasteiger partial charge in [0.2, 0.25) is 17.7 Å². The molecule has 1 aliphatic heterocycles. The van der Waals surface area contributed by atoms with Crippen LogP contribution >= 0.6 is 0 Å². The molecule has 1 atom stereocenters. The van der Waals surface area contributed by atoms with Gasteiger partial charge >= 0.3 is 5.69 Å². The van der Waals surface area contributed by atoms with Crippen molar-refractivity contribution < 1.29 is 9.72 Å². The Kier molecular flexibility index (Phi) is 3.71. The van der Waals surface area contributed by atoms with Crippen molar-refractivity contribution in [2.24, 2.45) is 5.84 Å². The molecule has 1 fully saturated rings. The van der Waals surface area contributed by atoms with E-state index < -0.39 is 4.92 Å². The van der Waals surface area contributed by atoms with Gasteiger partial charge in [-0.3, -0.25) is 20.3 Å². The molecule has 1 aliphatic rings. The van der Waals surface area contributed by atoms with E-state index in [1.54, 1.807) is 0 Å². The van der Waals surface area contributed by atoms with Crippen molar-refractivity contribution in [3.63, 3.8) is 0 Å². The number of aromatic nitrogens is 2. The number of nitro groups is 1. The van der Waals surface area contributed by atoms with Crippen LogP contribution in [0.15, 0.2) is 6.20 Å². The summed E-state index contributed by atoms with van der Waals surface area (Å²) in [6.07, 6.45) is 2.03. The Morgan fingerprint density at radius 1 is 1.58 bits per heavy atom. The average Bonchev–Trinajstić information content (AvgIpc) is 2.41. The number of carbonyl (C=O) groups is 1. The van der Waals surface area contributed by atoms with Crippen LogP contribution in [0.1, 0.15) is 12.8 Å². The van der Waals surface area contributed by atoms with Crippen molar-refractivity contribution in [1.29, 1.82) is 0 Å². The summed E-state index contributed by atoms with van der Waals surface area (Å²) in [4.78, 5) is 28.9. The molecule has 5 N–H and O–H groups in total. The van der Waals surface area contributed by atoms with Crippen molar-refractivity contribution in [2.75, 3.05) is 17.3 Å². The Morgan fingerprint density at radius 3 is 2.95 bits per heavy atom. The Hall–Kier alpha value is -2.49. The zero-order valence-corrected chi connectivity index (χ0v) is 9.92. The molecule has 0 saturated carbocycles. The van der Waals surface area contributed by atoms with Crippen molar-refractivity contribution in [2.45, 2.75) is 18.9 Å². The molecule has 0 aliphatic carbocycles. The number of hydrogen-bond acceptors (Lipinski definition) is 8. The second-order valence-corrected chi connectivity index (χ2v) is 4.01. The normalized spacial score (nSPS) is 18.6. The van der Waals surface area contributed by atoms with Crippen LogP contribution in [0.3, 0.4) is 0 Å². The highest BCUT2D eigenvalue weighted by Crippen LogP contribution is 2.23. The first-order valence-corrected chi connectivity index (χ1v) is 5.61. The van der Waals surface area contributed by atoms with Gasteiger partial charge in [-0.25, -0.2) is 10.8 Å². The van der Waals surface area contributed by atoms with Crippen LogP contribution in [0, 0.1) is 10.1 Å². The fourth-order valence-electron chi connectivity index (χ4n) is 1.73. The summed E-state index contributed by atoms with van der Waals surface area (Å²) in [7, 11) is 0. The van der Waals surface area contributed by atoms with Crippen LogP contribution in [0.5, 0.6) is 0 Å². The van der Waals surface area contributed by atoms with Gasteiger partial charge in [0.15, 0.2) is 0 Å². The van der Waals surface area contributed by atoms with Gasteiger partial charge in [-0.2, -0.15) is 4.98 Å². The van der Waals surface area contributed by atoms with E-state index in [1.807, 2.05) is 0 Å². The molecule has 1 aromatic heterocycles. The topological polar surface area (TPSA) is 148 Å². The molecule has 2 heterocycles. The molecule has 102 valence electrons. The first-order chi connectivity index (χ1) is 9.10. The molecule has 0 aromatic carbocycles. The highest BCUT2D eigenvalue weighted by molar-refractivity contribution is 5.77. The van der Waals surface area contributed by atoms with Crippen LogP contribution in [0.2, 0.25) is 0 Å². The molecule has 1 unspecified atom stereocenters. The summed E-state index contributed by atoms with van der Waals surface area (Å²) in [5.41, 5.74) is 1.98. The molecule has 1 saturated heterocycles. The Morgan fingerprint density at radius 2 is 2.37 bits per heavy atom. The van der Waals surface area contributed by atoms with Crippen LogP contribution in [0.25, 0.3) is 0 Å². The van der Waals surface area contributed by atoms with E-state index in [9.17, 15) is 14.9 Å². The summed E-state index contributed by atoms with van der Waals surface area (Å²) < 4.78 is 0. The van der Waals surface area contributed by atoms with Crippen molar-refractivity contribution >= 4 is 23.4 Å². The maximum absolute atomic E-state index is 11.0. The smallest absolute Gasteiger partial charge is 0.329 e. The highest BCUT2D eigenvalue weighted by Gasteiger charge is 2.23. The Labute approximate surface area is 107 Å². The number of nitrogen functional groups attached to an aromatic ring is 1. The fraction of sp³-hybridized carbons (Fsp3) is 0.444. The molecule has 2 rings (SSSR count). The van der Waals surface area contributed by atoms with E-state index in [-0.39, 0.29) is 29.4 Å². The summed E-state index contributed by atoms with van der Waals surface area (Å²) in [6.45, 7) is 0.394. The molecule has 0 bridgehead atoms. The minimum Gasteiger partial charge on any atom is -0.360 e. The van der Waals surface area contributed by atoms with Gasteiger partial charge in [0.05, 0.1) is 4.92 Å². The molecule has 10 nitrogen and oxygen atoms in total. The second kappa shape index (κ2) is 5.44. The van der Waals surface area contributed by atoms with Gasteiger partial charge < -0.3 is 10.6 Å².